The summed E-state index contributed by atoms with van der Waals surface area (Å²) in [6.07, 6.45) is 2.97. The van der Waals surface area contributed by atoms with Crippen LogP contribution in [0, 0.1) is 0 Å². The summed E-state index contributed by atoms with van der Waals surface area (Å²) in [7, 11) is 0. The van der Waals surface area contributed by atoms with Crippen LogP contribution in [-0.4, -0.2) is 17.0 Å². The van der Waals surface area contributed by atoms with E-state index in [1.807, 2.05) is 20.1 Å². The third-order valence-electron chi connectivity index (χ3n) is 1.82. The lowest BCUT2D eigenvalue weighted by molar-refractivity contribution is 0.116. The maximum Gasteiger partial charge on any atom is 0.0811 e. The zero-order valence-corrected chi connectivity index (χ0v) is 8.88. The van der Waals surface area contributed by atoms with Crippen LogP contribution < -0.4 is 0 Å². The zero-order valence-electron chi connectivity index (χ0n) is 8.06. The molecule has 0 spiro atoms. The Morgan fingerprint density at radius 1 is 1.45 bits per heavy atom. The van der Waals surface area contributed by atoms with Crippen molar-refractivity contribution < 1.29 is 5.11 Å². The summed E-state index contributed by atoms with van der Waals surface area (Å²) in [6, 6.07) is 0. The SMILES string of the molecule is CC/C(=C(\C)SC)C(C)(C)O. The highest BCUT2D eigenvalue weighted by Gasteiger charge is 2.19. The molecule has 0 saturated carbocycles. The maximum absolute atomic E-state index is 9.71. The molecular formula is C9H18OS. The van der Waals surface area contributed by atoms with Crippen molar-refractivity contribution in [3.63, 3.8) is 0 Å². The maximum atomic E-state index is 9.71. The number of rotatable bonds is 3. The molecule has 1 N–H and O–H groups in total. The van der Waals surface area contributed by atoms with Crippen LogP contribution in [0.1, 0.15) is 34.1 Å². The van der Waals surface area contributed by atoms with Gasteiger partial charge >= 0.3 is 0 Å². The van der Waals surface area contributed by atoms with Gasteiger partial charge in [0.05, 0.1) is 5.60 Å². The van der Waals surface area contributed by atoms with Crippen LogP contribution in [0.15, 0.2) is 10.5 Å². The molecule has 0 atom stereocenters. The molecule has 0 aromatic heterocycles. The van der Waals surface area contributed by atoms with Gasteiger partial charge in [-0.1, -0.05) is 6.92 Å². The standard InChI is InChI=1S/C9H18OS/c1-6-8(7(2)11-5)9(3,4)10/h10H,6H2,1-5H3/b8-7-. The number of aliphatic hydroxyl groups is 1. The minimum atomic E-state index is -0.651. The molecule has 0 aromatic rings. The van der Waals surface area contributed by atoms with Gasteiger partial charge in [-0.2, -0.15) is 0 Å². The van der Waals surface area contributed by atoms with Gasteiger partial charge in [0.1, 0.15) is 0 Å². The molecule has 1 nitrogen and oxygen atoms in total. The Bertz CT molecular complexity index is 153. The van der Waals surface area contributed by atoms with Crippen LogP contribution in [0.4, 0.5) is 0 Å². The molecule has 0 aromatic carbocycles. The topological polar surface area (TPSA) is 20.2 Å². The summed E-state index contributed by atoms with van der Waals surface area (Å²) in [6.45, 7) is 7.81. The van der Waals surface area contributed by atoms with Gasteiger partial charge in [0.2, 0.25) is 0 Å². The summed E-state index contributed by atoms with van der Waals surface area (Å²) >= 11 is 1.70. The predicted molar refractivity (Wildman–Crippen MR) is 52.8 cm³/mol. The van der Waals surface area contributed by atoms with Gasteiger partial charge in [0.25, 0.3) is 0 Å². The number of thioether (sulfide) groups is 1. The van der Waals surface area contributed by atoms with Crippen molar-refractivity contribution in [3.05, 3.63) is 10.5 Å². The fourth-order valence-electron chi connectivity index (χ4n) is 1.24. The molecule has 66 valence electrons. The molecule has 0 fully saturated rings. The Hall–Kier alpha value is 0.0500. The van der Waals surface area contributed by atoms with Crippen molar-refractivity contribution in [1.82, 2.24) is 0 Å². The van der Waals surface area contributed by atoms with E-state index in [0.29, 0.717) is 0 Å². The van der Waals surface area contributed by atoms with Gasteiger partial charge in [-0.15, -0.1) is 11.8 Å². The summed E-state index contributed by atoms with van der Waals surface area (Å²) in [5.41, 5.74) is 0.493. The summed E-state index contributed by atoms with van der Waals surface area (Å²) < 4.78 is 0. The van der Waals surface area contributed by atoms with Gasteiger partial charge in [-0.05, 0) is 43.9 Å². The Kier molecular flexibility index (Phi) is 4.19. The first-order valence-electron chi connectivity index (χ1n) is 3.90. The predicted octanol–water partition coefficient (Wildman–Crippen LogP) is 2.80. The molecule has 0 aliphatic rings. The molecule has 11 heavy (non-hydrogen) atoms. The Morgan fingerprint density at radius 2 is 1.91 bits per heavy atom. The van der Waals surface area contributed by atoms with Crippen LogP contribution in [0.5, 0.6) is 0 Å². The quantitative estimate of drug-likeness (QED) is 0.710. The first-order chi connectivity index (χ1) is 4.93. The molecule has 0 unspecified atom stereocenters. The van der Waals surface area contributed by atoms with E-state index in [-0.39, 0.29) is 0 Å². The third kappa shape index (κ3) is 3.30. The lowest BCUT2D eigenvalue weighted by Gasteiger charge is -2.22. The van der Waals surface area contributed by atoms with Crippen molar-refractivity contribution in [2.75, 3.05) is 6.26 Å². The van der Waals surface area contributed by atoms with Gasteiger partial charge in [0.15, 0.2) is 0 Å². The van der Waals surface area contributed by atoms with E-state index in [1.54, 1.807) is 11.8 Å². The zero-order chi connectivity index (χ0) is 9.07. The van der Waals surface area contributed by atoms with Crippen LogP contribution in [0.2, 0.25) is 0 Å². The first kappa shape index (κ1) is 11.1. The van der Waals surface area contributed by atoms with E-state index in [4.69, 9.17) is 0 Å². The van der Waals surface area contributed by atoms with Crippen molar-refractivity contribution >= 4 is 11.8 Å². The molecule has 0 rings (SSSR count). The van der Waals surface area contributed by atoms with Crippen LogP contribution >= 0.6 is 11.8 Å². The average molecular weight is 174 g/mol. The minimum absolute atomic E-state index is 0.651. The average Bonchev–Trinajstić information content (AvgIpc) is 1.86. The molecule has 0 amide bonds. The minimum Gasteiger partial charge on any atom is -0.386 e. The molecule has 0 aliphatic carbocycles. The smallest absolute Gasteiger partial charge is 0.0811 e. The highest BCUT2D eigenvalue weighted by atomic mass is 32.2. The van der Waals surface area contributed by atoms with E-state index in [1.165, 1.54) is 4.91 Å². The monoisotopic (exact) mass is 174 g/mol. The van der Waals surface area contributed by atoms with Gasteiger partial charge < -0.3 is 5.11 Å². The first-order valence-corrected chi connectivity index (χ1v) is 5.12. The van der Waals surface area contributed by atoms with E-state index in [2.05, 4.69) is 13.8 Å². The molecule has 0 saturated heterocycles. The Morgan fingerprint density at radius 3 is 2.00 bits per heavy atom. The summed E-state index contributed by atoms with van der Waals surface area (Å²) in [5, 5.41) is 9.71. The summed E-state index contributed by atoms with van der Waals surface area (Å²) in [5.74, 6) is 0. The van der Waals surface area contributed by atoms with Crippen molar-refractivity contribution in [2.45, 2.75) is 39.7 Å². The van der Waals surface area contributed by atoms with Gasteiger partial charge in [-0.25, -0.2) is 0 Å². The van der Waals surface area contributed by atoms with E-state index >= 15 is 0 Å². The van der Waals surface area contributed by atoms with Gasteiger partial charge in [0, 0.05) is 0 Å². The number of hydrogen-bond donors (Lipinski definition) is 1. The second-order valence-corrected chi connectivity index (χ2v) is 4.17. The van der Waals surface area contributed by atoms with Crippen LogP contribution in [0.3, 0.4) is 0 Å². The number of allylic oxidation sites excluding steroid dienone is 1. The third-order valence-corrected chi connectivity index (χ3v) is 2.68. The summed E-state index contributed by atoms with van der Waals surface area (Å²) in [4.78, 5) is 1.24. The Balaban J connectivity index is 4.66. The normalized spacial score (nSPS) is 14.7. The molecule has 0 radical (unpaired) electrons. The van der Waals surface area contributed by atoms with Crippen molar-refractivity contribution in [1.29, 1.82) is 0 Å². The largest absolute Gasteiger partial charge is 0.386 e. The lowest BCUT2D eigenvalue weighted by atomic mass is 9.96. The Labute approximate surface area is 73.9 Å². The molecular weight excluding hydrogens is 156 g/mol. The lowest BCUT2D eigenvalue weighted by Crippen LogP contribution is -2.22. The van der Waals surface area contributed by atoms with E-state index in [0.717, 1.165) is 12.0 Å². The van der Waals surface area contributed by atoms with E-state index in [9.17, 15) is 5.11 Å². The van der Waals surface area contributed by atoms with Crippen LogP contribution in [-0.2, 0) is 0 Å². The molecule has 0 heterocycles. The van der Waals surface area contributed by atoms with Crippen LogP contribution in [0.25, 0.3) is 0 Å². The number of hydrogen-bond acceptors (Lipinski definition) is 2. The van der Waals surface area contributed by atoms with Crippen molar-refractivity contribution in [2.24, 2.45) is 0 Å². The second-order valence-electron chi connectivity index (χ2n) is 3.15. The fraction of sp³-hybridized carbons (Fsp3) is 0.778. The fourth-order valence-corrected chi connectivity index (χ4v) is 1.88. The second kappa shape index (κ2) is 4.17. The molecule has 0 aliphatic heterocycles. The highest BCUT2D eigenvalue weighted by Crippen LogP contribution is 2.27. The van der Waals surface area contributed by atoms with Crippen molar-refractivity contribution in [3.8, 4) is 0 Å². The van der Waals surface area contributed by atoms with Gasteiger partial charge in [-0.3, -0.25) is 0 Å². The highest BCUT2D eigenvalue weighted by molar-refractivity contribution is 8.02. The molecule has 0 bridgehead atoms. The van der Waals surface area contributed by atoms with E-state index < -0.39 is 5.60 Å². The molecule has 2 heteroatoms.